The maximum absolute atomic E-state index is 5.63. The molecule has 2 rings (SSSR count). The summed E-state index contributed by atoms with van der Waals surface area (Å²) in [6, 6.07) is 10.4. The Hall–Kier alpha value is -0.900. The van der Waals surface area contributed by atoms with E-state index in [0.29, 0.717) is 0 Å². The maximum Gasteiger partial charge on any atom is 0.292 e. The average Bonchev–Trinajstić information content (AvgIpc) is 2.94. The first-order chi connectivity index (χ1) is 8.74. The fraction of sp³-hybridized carbons (Fsp3) is 0.600. The molecule has 0 bridgehead atoms. The van der Waals surface area contributed by atoms with Crippen LogP contribution in [0.25, 0.3) is 0 Å². The van der Waals surface area contributed by atoms with Crippen LogP contribution in [0.2, 0.25) is 0 Å². The number of ether oxygens (including phenoxy) is 3. The van der Waals surface area contributed by atoms with Gasteiger partial charge in [-0.3, -0.25) is 0 Å². The summed E-state index contributed by atoms with van der Waals surface area (Å²) in [6.45, 7) is 0. The fourth-order valence-electron chi connectivity index (χ4n) is 3.34. The van der Waals surface area contributed by atoms with Crippen LogP contribution < -0.4 is 0 Å². The zero-order valence-corrected chi connectivity index (χ0v) is 11.4. The van der Waals surface area contributed by atoms with Crippen LogP contribution in [0.1, 0.15) is 31.2 Å². The molecular weight excluding hydrogens is 228 g/mol. The van der Waals surface area contributed by atoms with Crippen molar-refractivity contribution in [2.75, 3.05) is 21.3 Å². The van der Waals surface area contributed by atoms with E-state index in [0.717, 1.165) is 12.8 Å². The van der Waals surface area contributed by atoms with Crippen molar-refractivity contribution in [1.82, 2.24) is 0 Å². The summed E-state index contributed by atoms with van der Waals surface area (Å²) in [5.41, 5.74) is 1.01. The lowest BCUT2D eigenvalue weighted by atomic mass is 9.76. The van der Waals surface area contributed by atoms with E-state index in [4.69, 9.17) is 14.2 Å². The van der Waals surface area contributed by atoms with Gasteiger partial charge in [0.1, 0.15) is 0 Å². The molecule has 0 heterocycles. The first-order valence-electron chi connectivity index (χ1n) is 6.45. The van der Waals surface area contributed by atoms with Crippen molar-refractivity contribution in [3.05, 3.63) is 35.9 Å². The van der Waals surface area contributed by atoms with Crippen LogP contribution in [0.4, 0.5) is 0 Å². The van der Waals surface area contributed by atoms with Crippen LogP contribution in [0.3, 0.4) is 0 Å². The SMILES string of the molecule is COC(OC)(OC)C1(c2ccccc2)CCCC1. The summed E-state index contributed by atoms with van der Waals surface area (Å²) in [5.74, 6) is -0.995. The highest BCUT2D eigenvalue weighted by molar-refractivity contribution is 5.29. The van der Waals surface area contributed by atoms with E-state index in [2.05, 4.69) is 24.3 Å². The van der Waals surface area contributed by atoms with Crippen molar-refractivity contribution < 1.29 is 14.2 Å². The van der Waals surface area contributed by atoms with Crippen molar-refractivity contribution in [1.29, 1.82) is 0 Å². The molecule has 1 aromatic rings. The summed E-state index contributed by atoms with van der Waals surface area (Å²) in [5, 5.41) is 0. The molecule has 0 N–H and O–H groups in total. The van der Waals surface area contributed by atoms with Gasteiger partial charge < -0.3 is 14.2 Å². The Morgan fingerprint density at radius 1 is 0.889 bits per heavy atom. The van der Waals surface area contributed by atoms with Crippen LogP contribution >= 0.6 is 0 Å². The molecule has 3 nitrogen and oxygen atoms in total. The Balaban J connectivity index is 2.50. The lowest BCUT2D eigenvalue weighted by Crippen LogP contribution is -2.54. The number of hydrogen-bond donors (Lipinski definition) is 0. The van der Waals surface area contributed by atoms with Gasteiger partial charge in [0.25, 0.3) is 5.97 Å². The molecule has 0 spiro atoms. The molecule has 1 saturated carbocycles. The first-order valence-corrected chi connectivity index (χ1v) is 6.45. The Kier molecular flexibility index (Phi) is 4.05. The molecule has 0 aromatic heterocycles. The van der Waals surface area contributed by atoms with E-state index >= 15 is 0 Å². The van der Waals surface area contributed by atoms with Crippen molar-refractivity contribution in [2.45, 2.75) is 37.1 Å². The highest BCUT2D eigenvalue weighted by atomic mass is 16.9. The minimum atomic E-state index is -0.995. The minimum absolute atomic E-state index is 0.216. The number of benzene rings is 1. The molecule has 0 amide bonds. The van der Waals surface area contributed by atoms with Crippen molar-refractivity contribution in [3.8, 4) is 0 Å². The molecule has 0 radical (unpaired) electrons. The topological polar surface area (TPSA) is 27.7 Å². The molecule has 18 heavy (non-hydrogen) atoms. The van der Waals surface area contributed by atoms with Gasteiger partial charge in [-0.1, -0.05) is 43.2 Å². The van der Waals surface area contributed by atoms with E-state index < -0.39 is 5.97 Å². The second-order valence-electron chi connectivity index (χ2n) is 4.82. The van der Waals surface area contributed by atoms with Crippen LogP contribution in [0.15, 0.2) is 30.3 Å². The van der Waals surface area contributed by atoms with Gasteiger partial charge in [-0.25, -0.2) is 0 Å². The van der Waals surface area contributed by atoms with Gasteiger partial charge in [-0.2, -0.15) is 0 Å². The summed E-state index contributed by atoms with van der Waals surface area (Å²) < 4.78 is 16.9. The largest absolute Gasteiger partial charge is 0.330 e. The van der Waals surface area contributed by atoms with Crippen LogP contribution in [-0.2, 0) is 19.6 Å². The van der Waals surface area contributed by atoms with Crippen LogP contribution in [0, 0.1) is 0 Å². The Labute approximate surface area is 109 Å². The summed E-state index contributed by atoms with van der Waals surface area (Å²) in [7, 11) is 4.95. The molecular formula is C15H22O3. The molecule has 3 heteroatoms. The predicted molar refractivity (Wildman–Crippen MR) is 70.3 cm³/mol. The number of methoxy groups -OCH3 is 3. The molecule has 1 aliphatic rings. The molecule has 1 aromatic carbocycles. The third-order valence-electron chi connectivity index (χ3n) is 4.18. The van der Waals surface area contributed by atoms with E-state index in [9.17, 15) is 0 Å². The highest BCUT2D eigenvalue weighted by Gasteiger charge is 2.56. The van der Waals surface area contributed by atoms with Crippen LogP contribution in [0.5, 0.6) is 0 Å². The average molecular weight is 250 g/mol. The van der Waals surface area contributed by atoms with Gasteiger partial charge in [-0.05, 0) is 18.4 Å². The maximum atomic E-state index is 5.63. The second-order valence-corrected chi connectivity index (χ2v) is 4.82. The summed E-state index contributed by atoms with van der Waals surface area (Å²) in [6.07, 6.45) is 4.39. The molecule has 0 unspecified atom stereocenters. The standard InChI is InChI=1S/C15H22O3/c1-16-15(17-2,18-3)14(11-7-8-12-14)13-9-5-4-6-10-13/h4-6,9-10H,7-8,11-12H2,1-3H3. The quantitative estimate of drug-likeness (QED) is 0.752. The number of hydrogen-bond acceptors (Lipinski definition) is 3. The Bertz CT molecular complexity index is 356. The van der Waals surface area contributed by atoms with Gasteiger partial charge in [-0.15, -0.1) is 0 Å². The normalized spacial score (nSPS) is 19.1. The highest BCUT2D eigenvalue weighted by Crippen LogP contribution is 2.50. The van der Waals surface area contributed by atoms with Crippen molar-refractivity contribution in [2.24, 2.45) is 0 Å². The molecule has 0 atom stereocenters. The zero-order chi connectivity index (χ0) is 13.1. The van der Waals surface area contributed by atoms with E-state index in [-0.39, 0.29) is 5.41 Å². The zero-order valence-electron chi connectivity index (χ0n) is 11.4. The molecule has 0 saturated heterocycles. The monoisotopic (exact) mass is 250 g/mol. The van der Waals surface area contributed by atoms with Crippen molar-refractivity contribution in [3.63, 3.8) is 0 Å². The minimum Gasteiger partial charge on any atom is -0.330 e. The van der Waals surface area contributed by atoms with Gasteiger partial charge in [0, 0.05) is 21.3 Å². The predicted octanol–water partition coefficient (Wildman–Crippen LogP) is 3.09. The third kappa shape index (κ3) is 1.87. The Morgan fingerprint density at radius 2 is 1.39 bits per heavy atom. The fourth-order valence-corrected chi connectivity index (χ4v) is 3.34. The third-order valence-corrected chi connectivity index (χ3v) is 4.18. The van der Waals surface area contributed by atoms with E-state index in [1.54, 1.807) is 21.3 Å². The Morgan fingerprint density at radius 3 is 1.83 bits per heavy atom. The lowest BCUT2D eigenvalue weighted by Gasteiger charge is -2.45. The second kappa shape index (κ2) is 5.39. The molecule has 100 valence electrons. The molecule has 0 aliphatic heterocycles. The molecule has 1 aliphatic carbocycles. The van der Waals surface area contributed by atoms with E-state index in [1.807, 2.05) is 6.07 Å². The smallest absolute Gasteiger partial charge is 0.292 e. The van der Waals surface area contributed by atoms with Gasteiger partial charge in [0.05, 0.1) is 5.41 Å². The molecule has 1 fully saturated rings. The first kappa shape index (κ1) is 13.5. The van der Waals surface area contributed by atoms with Crippen molar-refractivity contribution >= 4 is 0 Å². The van der Waals surface area contributed by atoms with Gasteiger partial charge >= 0.3 is 0 Å². The summed E-state index contributed by atoms with van der Waals surface area (Å²) >= 11 is 0. The van der Waals surface area contributed by atoms with Gasteiger partial charge in [0.15, 0.2) is 0 Å². The van der Waals surface area contributed by atoms with Gasteiger partial charge in [0.2, 0.25) is 0 Å². The van der Waals surface area contributed by atoms with E-state index in [1.165, 1.54) is 18.4 Å². The van der Waals surface area contributed by atoms with Crippen LogP contribution in [-0.4, -0.2) is 27.3 Å². The number of rotatable bonds is 5. The lowest BCUT2D eigenvalue weighted by molar-refractivity contribution is -0.387. The summed E-state index contributed by atoms with van der Waals surface area (Å²) in [4.78, 5) is 0.